The number of halogens is 1. The van der Waals surface area contributed by atoms with Crippen LogP contribution in [0.15, 0.2) is 22.7 Å². The molecule has 1 atom stereocenters. The maximum absolute atomic E-state index is 5.67. The molecular weight excluding hydrogens is 204 g/mol. The highest BCUT2D eigenvalue weighted by molar-refractivity contribution is 9.10. The molecule has 11 heavy (non-hydrogen) atoms. The second-order valence-electron chi connectivity index (χ2n) is 2.57. The van der Waals surface area contributed by atoms with Crippen LogP contribution in [0.4, 0.5) is 5.69 Å². The number of anilines is 1. The van der Waals surface area contributed by atoms with Crippen LogP contribution in [-0.4, -0.2) is 0 Å². The molecule has 0 radical (unpaired) electrons. The molecule has 1 unspecified atom stereocenters. The largest absolute Gasteiger partial charge is 0.398 e. The van der Waals surface area contributed by atoms with Gasteiger partial charge in [-0.2, -0.15) is 0 Å². The fraction of sp³-hybridized carbons (Fsp3) is 0.250. The molecule has 0 aromatic heterocycles. The first-order chi connectivity index (χ1) is 5.11. The van der Waals surface area contributed by atoms with Gasteiger partial charge in [0.15, 0.2) is 0 Å². The Morgan fingerprint density at radius 1 is 1.45 bits per heavy atom. The van der Waals surface area contributed by atoms with Gasteiger partial charge in [0.05, 0.1) is 0 Å². The minimum absolute atomic E-state index is 0.0619. The van der Waals surface area contributed by atoms with E-state index in [0.29, 0.717) is 0 Å². The molecule has 0 aliphatic heterocycles. The molecule has 0 aliphatic rings. The van der Waals surface area contributed by atoms with E-state index in [9.17, 15) is 0 Å². The third-order valence-electron chi connectivity index (χ3n) is 1.55. The fourth-order valence-electron chi connectivity index (χ4n) is 0.827. The summed E-state index contributed by atoms with van der Waals surface area (Å²) in [5.74, 6) is 0. The highest BCUT2D eigenvalue weighted by atomic mass is 79.9. The zero-order valence-electron chi connectivity index (χ0n) is 6.34. The normalized spacial score (nSPS) is 13.0. The number of hydrogen-bond donors (Lipinski definition) is 2. The van der Waals surface area contributed by atoms with E-state index < -0.39 is 0 Å². The first-order valence-corrected chi connectivity index (χ1v) is 4.21. The first-order valence-electron chi connectivity index (χ1n) is 3.42. The number of nitrogen functional groups attached to an aromatic ring is 1. The van der Waals surface area contributed by atoms with E-state index in [-0.39, 0.29) is 6.04 Å². The van der Waals surface area contributed by atoms with Crippen LogP contribution in [0.2, 0.25) is 0 Å². The fourth-order valence-corrected chi connectivity index (χ4v) is 1.22. The molecule has 0 amide bonds. The van der Waals surface area contributed by atoms with Crippen molar-refractivity contribution in [1.82, 2.24) is 0 Å². The quantitative estimate of drug-likeness (QED) is 0.704. The predicted octanol–water partition coefficient (Wildman–Crippen LogP) is 2.05. The molecule has 0 fully saturated rings. The number of nitrogens with two attached hydrogens (primary N) is 2. The van der Waals surface area contributed by atoms with Gasteiger partial charge in [0.2, 0.25) is 0 Å². The van der Waals surface area contributed by atoms with E-state index in [1.807, 2.05) is 25.1 Å². The van der Waals surface area contributed by atoms with Crippen LogP contribution in [0, 0.1) is 0 Å². The molecule has 0 spiro atoms. The summed E-state index contributed by atoms with van der Waals surface area (Å²) in [6.45, 7) is 1.94. The van der Waals surface area contributed by atoms with Crippen molar-refractivity contribution in [3.63, 3.8) is 0 Å². The Bertz CT molecular complexity index is 258. The van der Waals surface area contributed by atoms with Gasteiger partial charge in [-0.1, -0.05) is 6.07 Å². The average Bonchev–Trinajstić information content (AvgIpc) is 1.94. The van der Waals surface area contributed by atoms with Crippen LogP contribution in [0.1, 0.15) is 18.5 Å². The second-order valence-corrected chi connectivity index (χ2v) is 3.42. The minimum Gasteiger partial charge on any atom is -0.398 e. The van der Waals surface area contributed by atoms with Gasteiger partial charge < -0.3 is 11.5 Å². The molecule has 1 aromatic carbocycles. The van der Waals surface area contributed by atoms with Crippen molar-refractivity contribution >= 4 is 21.6 Å². The Hall–Kier alpha value is -0.540. The summed E-state index contributed by atoms with van der Waals surface area (Å²) in [6, 6.07) is 5.79. The van der Waals surface area contributed by atoms with E-state index in [2.05, 4.69) is 15.9 Å². The van der Waals surface area contributed by atoms with Crippen LogP contribution in [0.3, 0.4) is 0 Å². The molecule has 0 saturated heterocycles. The van der Waals surface area contributed by atoms with E-state index in [0.717, 1.165) is 15.7 Å². The molecule has 0 aliphatic carbocycles. The molecule has 60 valence electrons. The lowest BCUT2D eigenvalue weighted by molar-refractivity contribution is 0.818. The Morgan fingerprint density at radius 2 is 2.09 bits per heavy atom. The SMILES string of the molecule is CC(N)c1ccc(N)c(Br)c1. The van der Waals surface area contributed by atoms with Gasteiger partial charge in [0, 0.05) is 16.2 Å². The highest BCUT2D eigenvalue weighted by Crippen LogP contribution is 2.22. The van der Waals surface area contributed by atoms with Crippen molar-refractivity contribution in [2.75, 3.05) is 5.73 Å². The zero-order valence-corrected chi connectivity index (χ0v) is 7.93. The van der Waals surface area contributed by atoms with Gasteiger partial charge in [0.25, 0.3) is 0 Å². The van der Waals surface area contributed by atoms with E-state index >= 15 is 0 Å². The molecule has 0 saturated carbocycles. The Kier molecular flexibility index (Phi) is 2.52. The average molecular weight is 215 g/mol. The van der Waals surface area contributed by atoms with E-state index in [1.165, 1.54) is 0 Å². The molecule has 1 rings (SSSR count). The lowest BCUT2D eigenvalue weighted by atomic mass is 10.1. The molecular formula is C8H11BrN2. The van der Waals surface area contributed by atoms with Gasteiger partial charge in [-0.3, -0.25) is 0 Å². The lowest BCUT2D eigenvalue weighted by Gasteiger charge is -2.06. The molecule has 0 heterocycles. The van der Waals surface area contributed by atoms with Gasteiger partial charge in [-0.25, -0.2) is 0 Å². The van der Waals surface area contributed by atoms with Crippen molar-refractivity contribution in [1.29, 1.82) is 0 Å². The number of benzene rings is 1. The predicted molar refractivity (Wildman–Crippen MR) is 51.2 cm³/mol. The van der Waals surface area contributed by atoms with Crippen LogP contribution in [-0.2, 0) is 0 Å². The Labute approximate surface area is 74.7 Å². The smallest absolute Gasteiger partial charge is 0.0458 e. The van der Waals surface area contributed by atoms with Gasteiger partial charge in [-0.15, -0.1) is 0 Å². The summed E-state index contributed by atoms with van der Waals surface area (Å²) in [4.78, 5) is 0. The summed E-state index contributed by atoms with van der Waals surface area (Å²) in [7, 11) is 0. The summed E-state index contributed by atoms with van der Waals surface area (Å²) in [6.07, 6.45) is 0. The Morgan fingerprint density at radius 3 is 2.55 bits per heavy atom. The summed E-state index contributed by atoms with van der Waals surface area (Å²) >= 11 is 3.33. The second kappa shape index (κ2) is 3.24. The van der Waals surface area contributed by atoms with Gasteiger partial charge in [-0.05, 0) is 40.5 Å². The first kappa shape index (κ1) is 8.56. The van der Waals surface area contributed by atoms with Crippen LogP contribution >= 0.6 is 15.9 Å². The number of rotatable bonds is 1. The van der Waals surface area contributed by atoms with Crippen molar-refractivity contribution < 1.29 is 0 Å². The molecule has 3 heteroatoms. The third kappa shape index (κ3) is 1.94. The van der Waals surface area contributed by atoms with E-state index in [4.69, 9.17) is 11.5 Å². The van der Waals surface area contributed by atoms with Crippen LogP contribution in [0.25, 0.3) is 0 Å². The summed E-state index contributed by atoms with van der Waals surface area (Å²) in [5.41, 5.74) is 13.1. The topological polar surface area (TPSA) is 52.0 Å². The van der Waals surface area contributed by atoms with Crippen molar-refractivity contribution in [2.45, 2.75) is 13.0 Å². The summed E-state index contributed by atoms with van der Waals surface area (Å²) < 4.78 is 0.910. The molecule has 0 bridgehead atoms. The van der Waals surface area contributed by atoms with Gasteiger partial charge >= 0.3 is 0 Å². The third-order valence-corrected chi connectivity index (χ3v) is 2.24. The lowest BCUT2D eigenvalue weighted by Crippen LogP contribution is -2.04. The number of hydrogen-bond acceptors (Lipinski definition) is 2. The molecule has 4 N–H and O–H groups in total. The van der Waals surface area contributed by atoms with Crippen molar-refractivity contribution in [2.24, 2.45) is 5.73 Å². The van der Waals surface area contributed by atoms with Crippen LogP contribution in [0.5, 0.6) is 0 Å². The van der Waals surface area contributed by atoms with Crippen LogP contribution < -0.4 is 11.5 Å². The minimum atomic E-state index is 0.0619. The maximum Gasteiger partial charge on any atom is 0.0458 e. The molecule has 1 aromatic rings. The van der Waals surface area contributed by atoms with Crippen molar-refractivity contribution in [3.05, 3.63) is 28.2 Å². The monoisotopic (exact) mass is 214 g/mol. The van der Waals surface area contributed by atoms with Gasteiger partial charge in [0.1, 0.15) is 0 Å². The maximum atomic E-state index is 5.67. The standard InChI is InChI=1S/C8H11BrN2/c1-5(10)6-2-3-8(11)7(9)4-6/h2-5H,10-11H2,1H3. The Balaban J connectivity index is 3.05. The highest BCUT2D eigenvalue weighted by Gasteiger charge is 2.00. The summed E-state index contributed by atoms with van der Waals surface area (Å²) in [5, 5.41) is 0. The zero-order chi connectivity index (χ0) is 8.43. The van der Waals surface area contributed by atoms with Crippen molar-refractivity contribution in [3.8, 4) is 0 Å². The molecule has 2 nitrogen and oxygen atoms in total. The van der Waals surface area contributed by atoms with E-state index in [1.54, 1.807) is 0 Å².